The van der Waals surface area contributed by atoms with Gasteiger partial charge in [-0.2, -0.15) is 0 Å². The van der Waals surface area contributed by atoms with Gasteiger partial charge in [0.1, 0.15) is 6.10 Å². The normalized spacial score (nSPS) is 36.1. The molecule has 1 aromatic carbocycles. The molecule has 2 bridgehead atoms. The molecule has 0 unspecified atom stereocenters. The zero-order chi connectivity index (χ0) is 11.7. The second-order valence-electron chi connectivity index (χ2n) is 4.61. The summed E-state index contributed by atoms with van der Waals surface area (Å²) >= 11 is 0. The van der Waals surface area contributed by atoms with E-state index in [1.165, 1.54) is 5.56 Å². The van der Waals surface area contributed by atoms with Crippen molar-refractivity contribution < 1.29 is 14.2 Å². The molecule has 2 fully saturated rings. The summed E-state index contributed by atoms with van der Waals surface area (Å²) in [5.74, 6) is 0. The third-order valence-corrected chi connectivity index (χ3v) is 3.31. The molecule has 4 heteroatoms. The fraction of sp³-hybridized carbons (Fsp3) is 0.538. The van der Waals surface area contributed by atoms with Crippen molar-refractivity contribution in [2.45, 2.75) is 37.6 Å². The van der Waals surface area contributed by atoms with Crippen LogP contribution < -0.4 is 5.73 Å². The minimum absolute atomic E-state index is 0.0449. The summed E-state index contributed by atoms with van der Waals surface area (Å²) in [5.41, 5.74) is 7.11. The van der Waals surface area contributed by atoms with Gasteiger partial charge in [0.2, 0.25) is 0 Å². The van der Waals surface area contributed by atoms with Gasteiger partial charge in [0.15, 0.2) is 6.29 Å². The van der Waals surface area contributed by atoms with Crippen molar-refractivity contribution in [3.63, 3.8) is 0 Å². The van der Waals surface area contributed by atoms with Crippen LogP contribution in [0.25, 0.3) is 0 Å². The predicted molar refractivity (Wildman–Crippen MR) is 62.2 cm³/mol. The van der Waals surface area contributed by atoms with Crippen molar-refractivity contribution in [2.24, 2.45) is 5.73 Å². The molecular weight excluding hydrogens is 218 g/mol. The lowest BCUT2D eigenvalue weighted by Gasteiger charge is -2.31. The average Bonchev–Trinajstić information content (AvgIpc) is 2.80. The van der Waals surface area contributed by atoms with Crippen LogP contribution in [0.15, 0.2) is 30.3 Å². The summed E-state index contributed by atoms with van der Waals surface area (Å²) in [6.07, 6.45) is 0.673. The van der Waals surface area contributed by atoms with E-state index < -0.39 is 0 Å². The molecule has 4 atom stereocenters. The predicted octanol–water partition coefficient (Wildman–Crippen LogP) is 1.04. The molecule has 0 aliphatic carbocycles. The second-order valence-corrected chi connectivity index (χ2v) is 4.61. The lowest BCUT2D eigenvalue weighted by Crippen LogP contribution is -2.47. The Kier molecular flexibility index (Phi) is 3.11. The highest BCUT2D eigenvalue weighted by Crippen LogP contribution is 2.28. The van der Waals surface area contributed by atoms with E-state index in [2.05, 4.69) is 12.1 Å². The number of fused-ring (bicyclic) bond motifs is 2. The average molecular weight is 235 g/mol. The Balaban J connectivity index is 1.58. The third-order valence-electron chi connectivity index (χ3n) is 3.31. The maximum atomic E-state index is 5.95. The van der Waals surface area contributed by atoms with Crippen LogP contribution in [0.5, 0.6) is 0 Å². The van der Waals surface area contributed by atoms with E-state index in [0.29, 0.717) is 13.2 Å². The Bertz CT molecular complexity index is 370. The quantitative estimate of drug-likeness (QED) is 0.850. The van der Waals surface area contributed by atoms with Crippen LogP contribution >= 0.6 is 0 Å². The number of rotatable bonds is 3. The van der Waals surface area contributed by atoms with E-state index in [-0.39, 0.29) is 24.5 Å². The molecule has 2 aliphatic heterocycles. The van der Waals surface area contributed by atoms with Crippen LogP contribution in [0.3, 0.4) is 0 Å². The summed E-state index contributed by atoms with van der Waals surface area (Å²) in [6, 6.07) is 10.1. The maximum absolute atomic E-state index is 5.95. The van der Waals surface area contributed by atoms with Crippen LogP contribution in [0.1, 0.15) is 12.0 Å². The first-order valence-corrected chi connectivity index (χ1v) is 6.01. The Morgan fingerprint density at radius 3 is 2.94 bits per heavy atom. The highest BCUT2D eigenvalue weighted by molar-refractivity contribution is 5.13. The topological polar surface area (TPSA) is 53.7 Å². The van der Waals surface area contributed by atoms with E-state index in [9.17, 15) is 0 Å². The monoisotopic (exact) mass is 235 g/mol. The minimum atomic E-state index is -0.225. The van der Waals surface area contributed by atoms with Gasteiger partial charge in [-0.15, -0.1) is 0 Å². The van der Waals surface area contributed by atoms with Crippen molar-refractivity contribution in [3.8, 4) is 0 Å². The van der Waals surface area contributed by atoms with Gasteiger partial charge in [-0.3, -0.25) is 0 Å². The van der Waals surface area contributed by atoms with E-state index in [0.717, 1.165) is 6.42 Å². The van der Waals surface area contributed by atoms with Crippen molar-refractivity contribution in [2.75, 3.05) is 6.61 Å². The Hall–Kier alpha value is -0.940. The Labute approximate surface area is 101 Å². The second kappa shape index (κ2) is 4.74. The fourth-order valence-electron chi connectivity index (χ4n) is 2.34. The zero-order valence-corrected chi connectivity index (χ0v) is 9.62. The van der Waals surface area contributed by atoms with Crippen LogP contribution in [0.4, 0.5) is 0 Å². The molecule has 1 aromatic rings. The summed E-state index contributed by atoms with van der Waals surface area (Å²) in [7, 11) is 0. The molecule has 0 spiro atoms. The number of hydrogen-bond donors (Lipinski definition) is 1. The van der Waals surface area contributed by atoms with Crippen molar-refractivity contribution in [1.29, 1.82) is 0 Å². The molecular formula is C13H17NO3. The molecule has 2 heterocycles. The lowest BCUT2D eigenvalue weighted by atomic mass is 10.0. The first-order valence-electron chi connectivity index (χ1n) is 6.01. The summed E-state index contributed by atoms with van der Waals surface area (Å²) in [6.45, 7) is 1.20. The van der Waals surface area contributed by atoms with Gasteiger partial charge in [0.25, 0.3) is 0 Å². The van der Waals surface area contributed by atoms with Gasteiger partial charge in [-0.05, 0) is 12.0 Å². The number of benzene rings is 1. The standard InChI is InChI=1S/C13H17NO3/c14-10-6-11(12-8-16-13(10)17-12)15-7-9-4-2-1-3-5-9/h1-5,10-13H,6-8,14H2/t10-,11+,12-,13-/m1/s1. The van der Waals surface area contributed by atoms with Gasteiger partial charge in [-0.1, -0.05) is 30.3 Å². The van der Waals surface area contributed by atoms with Crippen molar-refractivity contribution >= 4 is 0 Å². The summed E-state index contributed by atoms with van der Waals surface area (Å²) < 4.78 is 17.0. The number of hydrogen-bond acceptors (Lipinski definition) is 4. The molecule has 0 saturated carbocycles. The van der Waals surface area contributed by atoms with E-state index >= 15 is 0 Å². The molecule has 92 valence electrons. The zero-order valence-electron chi connectivity index (χ0n) is 9.62. The molecule has 4 nitrogen and oxygen atoms in total. The molecule has 2 aliphatic rings. The Morgan fingerprint density at radius 2 is 2.12 bits per heavy atom. The van der Waals surface area contributed by atoms with Crippen LogP contribution in [-0.4, -0.2) is 31.1 Å². The van der Waals surface area contributed by atoms with Gasteiger partial charge in [-0.25, -0.2) is 0 Å². The van der Waals surface area contributed by atoms with Crippen LogP contribution in [-0.2, 0) is 20.8 Å². The molecule has 2 N–H and O–H groups in total. The van der Waals surface area contributed by atoms with E-state index in [4.69, 9.17) is 19.9 Å². The first-order chi connectivity index (χ1) is 8.33. The molecule has 0 amide bonds. The molecule has 3 rings (SSSR count). The smallest absolute Gasteiger partial charge is 0.173 e. The molecule has 17 heavy (non-hydrogen) atoms. The van der Waals surface area contributed by atoms with Crippen LogP contribution in [0.2, 0.25) is 0 Å². The first kappa shape index (κ1) is 11.2. The van der Waals surface area contributed by atoms with Crippen molar-refractivity contribution in [1.82, 2.24) is 0 Å². The number of nitrogens with two attached hydrogens (primary N) is 1. The van der Waals surface area contributed by atoms with Gasteiger partial charge in [0, 0.05) is 0 Å². The summed E-state index contributed by atoms with van der Waals surface area (Å²) in [4.78, 5) is 0. The molecule has 0 radical (unpaired) electrons. The largest absolute Gasteiger partial charge is 0.371 e. The molecule has 0 aromatic heterocycles. The highest BCUT2D eigenvalue weighted by atomic mass is 16.7. The van der Waals surface area contributed by atoms with Crippen LogP contribution in [0, 0.1) is 0 Å². The van der Waals surface area contributed by atoms with Gasteiger partial charge >= 0.3 is 0 Å². The minimum Gasteiger partial charge on any atom is -0.371 e. The maximum Gasteiger partial charge on any atom is 0.173 e. The van der Waals surface area contributed by atoms with E-state index in [1.54, 1.807) is 0 Å². The van der Waals surface area contributed by atoms with Crippen molar-refractivity contribution in [3.05, 3.63) is 35.9 Å². The van der Waals surface area contributed by atoms with Gasteiger partial charge < -0.3 is 19.9 Å². The SMILES string of the molecule is N[C@@H]1C[C@H](OCc2ccccc2)[C@H]2CO[C@@H]1O2. The fourth-order valence-corrected chi connectivity index (χ4v) is 2.34. The highest BCUT2D eigenvalue weighted by Gasteiger charge is 2.42. The Morgan fingerprint density at radius 1 is 1.29 bits per heavy atom. The summed E-state index contributed by atoms with van der Waals surface area (Å²) in [5, 5.41) is 0. The lowest BCUT2D eigenvalue weighted by molar-refractivity contribution is -0.148. The van der Waals surface area contributed by atoms with E-state index in [1.807, 2.05) is 18.2 Å². The van der Waals surface area contributed by atoms with Gasteiger partial charge in [0.05, 0.1) is 25.4 Å². The molecule has 2 saturated heterocycles. The number of ether oxygens (including phenoxy) is 3. The third kappa shape index (κ3) is 2.35.